The highest BCUT2D eigenvalue weighted by Gasteiger charge is 2.17. The van der Waals surface area contributed by atoms with Crippen LogP contribution in [-0.2, 0) is 0 Å². The predicted molar refractivity (Wildman–Crippen MR) is 68.8 cm³/mol. The Balaban J connectivity index is 2.15. The molecule has 17 heavy (non-hydrogen) atoms. The Morgan fingerprint density at radius 3 is 2.65 bits per heavy atom. The van der Waals surface area contributed by atoms with Crippen LogP contribution in [0.1, 0.15) is 18.9 Å². The van der Waals surface area contributed by atoms with Crippen LogP contribution in [0.3, 0.4) is 0 Å². The van der Waals surface area contributed by atoms with Gasteiger partial charge in [-0.2, -0.15) is 0 Å². The maximum absolute atomic E-state index is 5.78. The van der Waals surface area contributed by atoms with Crippen molar-refractivity contribution in [3.05, 3.63) is 17.7 Å². The first-order chi connectivity index (χ1) is 8.08. The van der Waals surface area contributed by atoms with Crippen molar-refractivity contribution in [1.29, 1.82) is 0 Å². The monoisotopic (exact) mass is 236 g/mol. The molecule has 4 nitrogen and oxygen atoms in total. The first kappa shape index (κ1) is 12.0. The van der Waals surface area contributed by atoms with Crippen molar-refractivity contribution >= 4 is 5.69 Å². The van der Waals surface area contributed by atoms with Gasteiger partial charge in [-0.1, -0.05) is 0 Å². The molecule has 0 bridgehead atoms. The molecule has 0 amide bonds. The highest BCUT2D eigenvalue weighted by molar-refractivity contribution is 5.61. The van der Waals surface area contributed by atoms with E-state index < -0.39 is 0 Å². The summed E-state index contributed by atoms with van der Waals surface area (Å²) in [7, 11) is 2.08. The minimum Gasteiger partial charge on any atom is -0.454 e. The molecule has 0 saturated carbocycles. The van der Waals surface area contributed by atoms with E-state index in [1.54, 1.807) is 0 Å². The summed E-state index contributed by atoms with van der Waals surface area (Å²) in [6.45, 7) is 5.37. The number of hydrogen-bond donors (Lipinski definition) is 1. The standard InChI is InChI=1S/C13H20N2O2/c1-9-6-12-13(17-8-16-12)7-11(9)15(3)5-4-10(2)14/h6-7,10H,4-5,8,14H2,1-3H3. The molecular formula is C13H20N2O2. The van der Waals surface area contributed by atoms with E-state index in [0.29, 0.717) is 6.79 Å². The summed E-state index contributed by atoms with van der Waals surface area (Å²) in [5, 5.41) is 0. The molecule has 1 aromatic carbocycles. The first-order valence-electron chi connectivity index (χ1n) is 5.95. The van der Waals surface area contributed by atoms with Crippen molar-refractivity contribution in [3.8, 4) is 11.5 Å². The summed E-state index contributed by atoms with van der Waals surface area (Å²) in [5.74, 6) is 1.67. The van der Waals surface area contributed by atoms with Crippen LogP contribution in [0.2, 0.25) is 0 Å². The average Bonchev–Trinajstić information content (AvgIpc) is 2.71. The Hall–Kier alpha value is -1.42. The van der Waals surface area contributed by atoms with Gasteiger partial charge in [-0.3, -0.25) is 0 Å². The van der Waals surface area contributed by atoms with Crippen molar-refractivity contribution in [2.75, 3.05) is 25.3 Å². The van der Waals surface area contributed by atoms with E-state index in [2.05, 4.69) is 18.9 Å². The van der Waals surface area contributed by atoms with Gasteiger partial charge in [0.2, 0.25) is 6.79 Å². The molecule has 4 heteroatoms. The van der Waals surface area contributed by atoms with Gasteiger partial charge in [-0.15, -0.1) is 0 Å². The van der Waals surface area contributed by atoms with Crippen molar-refractivity contribution in [3.63, 3.8) is 0 Å². The van der Waals surface area contributed by atoms with Gasteiger partial charge >= 0.3 is 0 Å². The zero-order valence-corrected chi connectivity index (χ0v) is 10.7. The molecule has 1 atom stereocenters. The molecule has 0 aliphatic carbocycles. The second kappa shape index (κ2) is 4.84. The summed E-state index contributed by atoms with van der Waals surface area (Å²) >= 11 is 0. The van der Waals surface area contributed by atoms with Gasteiger partial charge < -0.3 is 20.1 Å². The third-order valence-corrected chi connectivity index (χ3v) is 3.02. The molecule has 94 valence electrons. The number of nitrogens with zero attached hydrogens (tertiary/aromatic N) is 1. The van der Waals surface area contributed by atoms with E-state index in [1.807, 2.05) is 19.1 Å². The lowest BCUT2D eigenvalue weighted by molar-refractivity contribution is 0.174. The lowest BCUT2D eigenvalue weighted by atomic mass is 10.1. The number of anilines is 1. The number of benzene rings is 1. The molecule has 1 aromatic rings. The van der Waals surface area contributed by atoms with E-state index in [0.717, 1.165) is 24.5 Å². The predicted octanol–water partition coefficient (Wildman–Crippen LogP) is 1.90. The minimum absolute atomic E-state index is 0.228. The second-order valence-electron chi connectivity index (χ2n) is 4.68. The highest BCUT2D eigenvalue weighted by Crippen LogP contribution is 2.37. The number of hydrogen-bond acceptors (Lipinski definition) is 4. The van der Waals surface area contributed by atoms with Gasteiger partial charge in [-0.05, 0) is 31.9 Å². The van der Waals surface area contributed by atoms with Crippen LogP contribution < -0.4 is 20.1 Å². The third kappa shape index (κ3) is 2.64. The second-order valence-corrected chi connectivity index (χ2v) is 4.68. The summed E-state index contributed by atoms with van der Waals surface area (Å²) < 4.78 is 10.7. The van der Waals surface area contributed by atoms with Gasteiger partial charge in [0.25, 0.3) is 0 Å². The van der Waals surface area contributed by atoms with Crippen molar-refractivity contribution < 1.29 is 9.47 Å². The molecule has 1 aliphatic rings. The largest absolute Gasteiger partial charge is 0.454 e. The molecular weight excluding hydrogens is 216 g/mol. The molecule has 0 radical (unpaired) electrons. The summed E-state index contributed by atoms with van der Waals surface area (Å²) in [6.07, 6.45) is 0.977. The lowest BCUT2D eigenvalue weighted by Crippen LogP contribution is -2.26. The quantitative estimate of drug-likeness (QED) is 0.867. The molecule has 1 aliphatic heterocycles. The Morgan fingerprint density at radius 1 is 1.35 bits per heavy atom. The zero-order chi connectivity index (χ0) is 12.4. The molecule has 0 spiro atoms. The SMILES string of the molecule is Cc1cc2c(cc1N(C)CCC(C)N)OCO2. The molecule has 2 N–H and O–H groups in total. The number of ether oxygens (including phenoxy) is 2. The van der Waals surface area contributed by atoms with Crippen molar-refractivity contribution in [1.82, 2.24) is 0 Å². The summed E-state index contributed by atoms with van der Waals surface area (Å²) in [4.78, 5) is 2.21. The number of nitrogens with two attached hydrogens (primary N) is 1. The number of fused-ring (bicyclic) bond motifs is 1. The Morgan fingerprint density at radius 2 is 2.00 bits per heavy atom. The van der Waals surface area contributed by atoms with Gasteiger partial charge in [0.05, 0.1) is 0 Å². The maximum Gasteiger partial charge on any atom is 0.231 e. The van der Waals surface area contributed by atoms with Crippen LogP contribution >= 0.6 is 0 Å². The zero-order valence-electron chi connectivity index (χ0n) is 10.7. The Labute approximate surface area is 102 Å². The molecule has 1 unspecified atom stereocenters. The normalized spacial score (nSPS) is 14.8. The average molecular weight is 236 g/mol. The van der Waals surface area contributed by atoms with E-state index in [4.69, 9.17) is 15.2 Å². The van der Waals surface area contributed by atoms with Crippen LogP contribution in [-0.4, -0.2) is 26.4 Å². The Kier molecular flexibility index (Phi) is 3.43. The van der Waals surface area contributed by atoms with Crippen molar-refractivity contribution in [2.24, 2.45) is 5.73 Å². The van der Waals surface area contributed by atoms with Crippen LogP contribution in [0.15, 0.2) is 12.1 Å². The highest BCUT2D eigenvalue weighted by atomic mass is 16.7. The molecule has 1 heterocycles. The van der Waals surface area contributed by atoms with Gasteiger partial charge in [0, 0.05) is 31.4 Å². The van der Waals surface area contributed by atoms with E-state index in [-0.39, 0.29) is 6.04 Å². The topological polar surface area (TPSA) is 47.7 Å². The van der Waals surface area contributed by atoms with Crippen LogP contribution in [0.5, 0.6) is 11.5 Å². The summed E-state index contributed by atoms with van der Waals surface area (Å²) in [6, 6.07) is 4.30. The van der Waals surface area contributed by atoms with E-state index >= 15 is 0 Å². The van der Waals surface area contributed by atoms with Gasteiger partial charge in [0.15, 0.2) is 11.5 Å². The fourth-order valence-corrected chi connectivity index (χ4v) is 1.96. The van der Waals surface area contributed by atoms with Gasteiger partial charge in [0.1, 0.15) is 0 Å². The fourth-order valence-electron chi connectivity index (χ4n) is 1.96. The minimum atomic E-state index is 0.228. The van der Waals surface area contributed by atoms with Crippen LogP contribution in [0.25, 0.3) is 0 Å². The molecule has 2 rings (SSSR count). The Bertz CT molecular complexity index is 405. The number of rotatable bonds is 4. The smallest absolute Gasteiger partial charge is 0.231 e. The molecule has 0 aromatic heterocycles. The lowest BCUT2D eigenvalue weighted by Gasteiger charge is -2.22. The van der Waals surface area contributed by atoms with E-state index in [9.17, 15) is 0 Å². The fraction of sp³-hybridized carbons (Fsp3) is 0.538. The van der Waals surface area contributed by atoms with Crippen LogP contribution in [0, 0.1) is 6.92 Å². The summed E-state index contributed by atoms with van der Waals surface area (Å²) in [5.41, 5.74) is 8.15. The molecule has 0 fully saturated rings. The van der Waals surface area contributed by atoms with E-state index in [1.165, 1.54) is 11.3 Å². The number of aryl methyl sites for hydroxylation is 1. The molecule has 0 saturated heterocycles. The van der Waals surface area contributed by atoms with Crippen molar-refractivity contribution in [2.45, 2.75) is 26.3 Å². The van der Waals surface area contributed by atoms with Crippen LogP contribution in [0.4, 0.5) is 5.69 Å². The maximum atomic E-state index is 5.78. The van der Waals surface area contributed by atoms with Gasteiger partial charge in [-0.25, -0.2) is 0 Å². The third-order valence-electron chi connectivity index (χ3n) is 3.02. The first-order valence-corrected chi connectivity index (χ1v) is 5.95.